The van der Waals surface area contributed by atoms with E-state index in [1.165, 1.54) is 11.8 Å². The van der Waals surface area contributed by atoms with Gasteiger partial charge >= 0.3 is 5.97 Å². The van der Waals surface area contributed by atoms with Crippen molar-refractivity contribution < 1.29 is 14.4 Å². The minimum atomic E-state index is -0.933. The van der Waals surface area contributed by atoms with E-state index in [0.717, 1.165) is 16.3 Å². The molecule has 1 heterocycles. The first-order chi connectivity index (χ1) is 9.61. The Morgan fingerprint density at radius 3 is 2.90 bits per heavy atom. The standard InChI is InChI=1S/C14H16N2O3S/c1-3-20-12-6-4-5-11(13(12)14(17)18)15-8-10-7-9(2)16-19-10/h4-7,15H,3,8H2,1-2H3,(H,17,18). The Bertz CT molecular complexity index is 610. The van der Waals surface area contributed by atoms with E-state index in [0.29, 0.717) is 23.6 Å². The highest BCUT2D eigenvalue weighted by molar-refractivity contribution is 7.99. The smallest absolute Gasteiger partial charge is 0.338 e. The molecule has 0 aliphatic carbocycles. The predicted octanol–water partition coefficient (Wildman–Crippen LogP) is 3.41. The van der Waals surface area contributed by atoms with E-state index in [1.54, 1.807) is 6.07 Å². The van der Waals surface area contributed by atoms with Gasteiger partial charge in [0.25, 0.3) is 0 Å². The molecule has 0 bridgehead atoms. The van der Waals surface area contributed by atoms with Crippen molar-refractivity contribution >= 4 is 23.4 Å². The van der Waals surface area contributed by atoms with Crippen LogP contribution in [0.25, 0.3) is 0 Å². The number of nitrogens with zero attached hydrogens (tertiary/aromatic N) is 1. The quantitative estimate of drug-likeness (QED) is 0.795. The lowest BCUT2D eigenvalue weighted by Gasteiger charge is -2.11. The number of carboxylic acid groups (broad SMARTS) is 1. The van der Waals surface area contributed by atoms with Crippen molar-refractivity contribution in [2.75, 3.05) is 11.1 Å². The summed E-state index contributed by atoms with van der Waals surface area (Å²) >= 11 is 1.51. The Kier molecular flexibility index (Phi) is 4.68. The minimum absolute atomic E-state index is 0.301. The lowest BCUT2D eigenvalue weighted by atomic mass is 10.1. The zero-order valence-corrected chi connectivity index (χ0v) is 12.2. The van der Waals surface area contributed by atoms with E-state index < -0.39 is 5.97 Å². The fourth-order valence-electron chi connectivity index (χ4n) is 1.86. The topological polar surface area (TPSA) is 75.4 Å². The summed E-state index contributed by atoms with van der Waals surface area (Å²) in [5.41, 5.74) is 1.69. The SMILES string of the molecule is CCSc1cccc(NCc2cc(C)no2)c1C(=O)O. The molecule has 1 aromatic carbocycles. The second-order valence-corrected chi connectivity index (χ2v) is 5.51. The van der Waals surface area contributed by atoms with E-state index >= 15 is 0 Å². The second kappa shape index (κ2) is 6.47. The van der Waals surface area contributed by atoms with Crippen molar-refractivity contribution in [3.05, 3.63) is 41.3 Å². The van der Waals surface area contributed by atoms with Gasteiger partial charge in [-0.3, -0.25) is 0 Å². The van der Waals surface area contributed by atoms with Crippen LogP contribution in [0.4, 0.5) is 5.69 Å². The summed E-state index contributed by atoms with van der Waals surface area (Å²) < 4.78 is 5.10. The number of aromatic carboxylic acids is 1. The lowest BCUT2D eigenvalue weighted by molar-refractivity contribution is 0.0694. The largest absolute Gasteiger partial charge is 0.478 e. The maximum atomic E-state index is 11.4. The number of aryl methyl sites for hydroxylation is 1. The number of carboxylic acids is 1. The van der Waals surface area contributed by atoms with Crippen molar-refractivity contribution in [3.63, 3.8) is 0 Å². The molecular formula is C14H16N2O3S. The fraction of sp³-hybridized carbons (Fsp3) is 0.286. The zero-order chi connectivity index (χ0) is 14.5. The van der Waals surface area contributed by atoms with Crippen molar-refractivity contribution in [3.8, 4) is 0 Å². The van der Waals surface area contributed by atoms with Gasteiger partial charge < -0.3 is 14.9 Å². The molecule has 0 aliphatic rings. The normalized spacial score (nSPS) is 10.5. The van der Waals surface area contributed by atoms with Gasteiger partial charge in [-0.25, -0.2) is 4.79 Å². The molecule has 6 heteroatoms. The van der Waals surface area contributed by atoms with Crippen LogP contribution in [0.15, 0.2) is 33.7 Å². The van der Waals surface area contributed by atoms with Crippen LogP contribution in [0.1, 0.15) is 28.7 Å². The number of rotatable bonds is 6. The molecule has 20 heavy (non-hydrogen) atoms. The maximum Gasteiger partial charge on any atom is 0.338 e. The number of thioether (sulfide) groups is 1. The molecule has 0 atom stereocenters. The van der Waals surface area contributed by atoms with Crippen LogP contribution in [-0.2, 0) is 6.54 Å². The summed E-state index contributed by atoms with van der Waals surface area (Å²) in [6, 6.07) is 7.24. The molecule has 0 fully saturated rings. The van der Waals surface area contributed by atoms with E-state index in [4.69, 9.17) is 4.52 Å². The summed E-state index contributed by atoms with van der Waals surface area (Å²) in [5, 5.41) is 16.3. The Morgan fingerprint density at radius 2 is 2.30 bits per heavy atom. The van der Waals surface area contributed by atoms with E-state index in [-0.39, 0.29) is 0 Å². The van der Waals surface area contributed by atoms with E-state index in [2.05, 4.69) is 10.5 Å². The molecular weight excluding hydrogens is 276 g/mol. The number of anilines is 1. The Morgan fingerprint density at radius 1 is 1.50 bits per heavy atom. The Balaban J connectivity index is 2.22. The van der Waals surface area contributed by atoms with Crippen LogP contribution in [0, 0.1) is 6.92 Å². The molecule has 2 aromatic rings. The van der Waals surface area contributed by atoms with Gasteiger partial charge in [0, 0.05) is 11.0 Å². The highest BCUT2D eigenvalue weighted by Crippen LogP contribution is 2.29. The maximum absolute atomic E-state index is 11.4. The van der Waals surface area contributed by atoms with E-state index in [1.807, 2.05) is 32.0 Å². The minimum Gasteiger partial charge on any atom is -0.478 e. The molecule has 0 unspecified atom stereocenters. The number of hydrogen-bond acceptors (Lipinski definition) is 5. The highest BCUT2D eigenvalue weighted by atomic mass is 32.2. The fourth-order valence-corrected chi connectivity index (χ4v) is 2.68. The first-order valence-electron chi connectivity index (χ1n) is 6.27. The number of aromatic nitrogens is 1. The van der Waals surface area contributed by atoms with Crippen LogP contribution in [0.5, 0.6) is 0 Å². The third-order valence-electron chi connectivity index (χ3n) is 2.67. The molecule has 2 N–H and O–H groups in total. The van der Waals surface area contributed by atoms with Gasteiger partial charge in [-0.1, -0.05) is 18.1 Å². The number of nitrogens with one attached hydrogen (secondary N) is 1. The van der Waals surface area contributed by atoms with E-state index in [9.17, 15) is 9.90 Å². The summed E-state index contributed by atoms with van der Waals surface area (Å²) in [6.07, 6.45) is 0. The average Bonchev–Trinajstić information content (AvgIpc) is 2.82. The number of benzene rings is 1. The van der Waals surface area contributed by atoms with Crippen LogP contribution in [0.3, 0.4) is 0 Å². The molecule has 5 nitrogen and oxygen atoms in total. The van der Waals surface area contributed by atoms with Crippen LogP contribution in [-0.4, -0.2) is 22.0 Å². The van der Waals surface area contributed by atoms with Crippen LogP contribution < -0.4 is 5.32 Å². The van der Waals surface area contributed by atoms with Gasteiger partial charge in [0.05, 0.1) is 23.5 Å². The average molecular weight is 292 g/mol. The molecule has 106 valence electrons. The van der Waals surface area contributed by atoms with Gasteiger partial charge in [0.1, 0.15) is 0 Å². The monoisotopic (exact) mass is 292 g/mol. The molecule has 0 saturated heterocycles. The zero-order valence-electron chi connectivity index (χ0n) is 11.3. The van der Waals surface area contributed by atoms with Gasteiger partial charge in [0.15, 0.2) is 5.76 Å². The molecule has 1 aromatic heterocycles. The third kappa shape index (κ3) is 3.33. The van der Waals surface area contributed by atoms with Crippen molar-refractivity contribution in [2.45, 2.75) is 25.3 Å². The van der Waals surface area contributed by atoms with Gasteiger partial charge in [-0.15, -0.1) is 11.8 Å². The molecule has 0 aliphatic heterocycles. The molecule has 0 spiro atoms. The van der Waals surface area contributed by atoms with Crippen LogP contribution in [0.2, 0.25) is 0 Å². The van der Waals surface area contributed by atoms with Crippen molar-refractivity contribution in [1.29, 1.82) is 0 Å². The summed E-state index contributed by atoms with van der Waals surface area (Å²) in [7, 11) is 0. The Labute approximate surface area is 121 Å². The van der Waals surface area contributed by atoms with Crippen molar-refractivity contribution in [2.24, 2.45) is 0 Å². The van der Waals surface area contributed by atoms with Crippen LogP contribution >= 0.6 is 11.8 Å². The van der Waals surface area contributed by atoms with Gasteiger partial charge in [-0.2, -0.15) is 0 Å². The van der Waals surface area contributed by atoms with Gasteiger partial charge in [0.2, 0.25) is 0 Å². The number of carbonyl (C=O) groups is 1. The predicted molar refractivity (Wildman–Crippen MR) is 78.4 cm³/mol. The molecule has 2 rings (SSSR count). The highest BCUT2D eigenvalue weighted by Gasteiger charge is 2.15. The summed E-state index contributed by atoms with van der Waals surface area (Å²) in [4.78, 5) is 12.2. The van der Waals surface area contributed by atoms with Crippen molar-refractivity contribution in [1.82, 2.24) is 5.16 Å². The van der Waals surface area contributed by atoms with Gasteiger partial charge in [-0.05, 0) is 24.8 Å². The Hall–Kier alpha value is -1.95. The second-order valence-electron chi connectivity index (χ2n) is 4.21. The molecule has 0 radical (unpaired) electrons. The third-order valence-corrected chi connectivity index (χ3v) is 3.61. The number of hydrogen-bond donors (Lipinski definition) is 2. The molecule has 0 saturated carbocycles. The lowest BCUT2D eigenvalue weighted by Crippen LogP contribution is -2.07. The molecule has 0 amide bonds. The summed E-state index contributed by atoms with van der Waals surface area (Å²) in [5.74, 6) is 0.565. The summed E-state index contributed by atoms with van der Waals surface area (Å²) in [6.45, 7) is 4.24. The first kappa shape index (κ1) is 14.5. The first-order valence-corrected chi connectivity index (χ1v) is 7.25.